The van der Waals surface area contributed by atoms with Crippen molar-refractivity contribution in [3.63, 3.8) is 0 Å². The average Bonchev–Trinajstić information content (AvgIpc) is 3.06. The van der Waals surface area contributed by atoms with Crippen LogP contribution in [-0.4, -0.2) is 19.7 Å². The number of thiazole rings is 1. The van der Waals surface area contributed by atoms with Crippen LogP contribution in [0, 0.1) is 4.77 Å². The van der Waals surface area contributed by atoms with Gasteiger partial charge in [-0.15, -0.1) is 11.3 Å². The highest BCUT2D eigenvalue weighted by molar-refractivity contribution is 7.71. The summed E-state index contributed by atoms with van der Waals surface area (Å²) >= 11 is 6.79. The van der Waals surface area contributed by atoms with Gasteiger partial charge in [0, 0.05) is 18.8 Å². The van der Waals surface area contributed by atoms with Gasteiger partial charge in [-0.25, -0.2) is 4.98 Å². The van der Waals surface area contributed by atoms with Gasteiger partial charge in [0.2, 0.25) is 0 Å². The fourth-order valence-electron chi connectivity index (χ4n) is 2.00. The van der Waals surface area contributed by atoms with E-state index in [9.17, 15) is 0 Å². The highest BCUT2D eigenvalue weighted by Crippen LogP contribution is 2.20. The van der Waals surface area contributed by atoms with Crippen molar-refractivity contribution < 1.29 is 0 Å². The van der Waals surface area contributed by atoms with Gasteiger partial charge >= 0.3 is 0 Å². The molecule has 2 aromatic heterocycles. The van der Waals surface area contributed by atoms with Crippen LogP contribution in [0.3, 0.4) is 0 Å². The van der Waals surface area contributed by atoms with Crippen molar-refractivity contribution in [1.29, 1.82) is 0 Å². The summed E-state index contributed by atoms with van der Waals surface area (Å²) in [5.41, 5.74) is 2.22. The molecule has 0 atom stereocenters. The fourth-order valence-corrected chi connectivity index (χ4v) is 2.91. The summed E-state index contributed by atoms with van der Waals surface area (Å²) in [4.78, 5) is 4.64. The second-order valence-corrected chi connectivity index (χ2v) is 5.85. The first kappa shape index (κ1) is 13.2. The molecule has 0 aliphatic carbocycles. The van der Waals surface area contributed by atoms with E-state index in [4.69, 9.17) is 12.2 Å². The molecule has 102 valence electrons. The third kappa shape index (κ3) is 2.71. The van der Waals surface area contributed by atoms with E-state index < -0.39 is 0 Å². The molecule has 0 spiro atoms. The molecule has 0 unspecified atom stereocenters. The molecule has 0 amide bonds. The lowest BCUT2D eigenvalue weighted by Crippen LogP contribution is -1.94. The summed E-state index contributed by atoms with van der Waals surface area (Å²) in [6.45, 7) is 0. The Morgan fingerprint density at radius 3 is 2.75 bits per heavy atom. The first-order chi connectivity index (χ1) is 9.74. The monoisotopic (exact) mass is 302 g/mol. The molecule has 0 fully saturated rings. The largest absolute Gasteiger partial charge is 0.302 e. The third-order valence-electron chi connectivity index (χ3n) is 3.13. The fraction of sp³-hybridized carbons (Fsp3) is 0.214. The number of aryl methyl sites for hydroxylation is 2. The highest BCUT2D eigenvalue weighted by Gasteiger charge is 2.10. The van der Waals surface area contributed by atoms with Gasteiger partial charge < -0.3 is 4.57 Å². The van der Waals surface area contributed by atoms with Gasteiger partial charge in [-0.1, -0.05) is 30.3 Å². The van der Waals surface area contributed by atoms with Gasteiger partial charge in [0.1, 0.15) is 5.69 Å². The zero-order valence-corrected chi connectivity index (χ0v) is 12.7. The minimum atomic E-state index is 0.610. The van der Waals surface area contributed by atoms with Gasteiger partial charge in [-0.3, -0.25) is 5.10 Å². The first-order valence-corrected chi connectivity index (χ1v) is 7.63. The molecule has 0 saturated carbocycles. The predicted molar refractivity (Wildman–Crippen MR) is 83.4 cm³/mol. The van der Waals surface area contributed by atoms with Crippen LogP contribution in [0.15, 0.2) is 35.7 Å². The van der Waals surface area contributed by atoms with Crippen molar-refractivity contribution in [2.75, 3.05) is 0 Å². The molecule has 4 nitrogen and oxygen atoms in total. The van der Waals surface area contributed by atoms with E-state index >= 15 is 0 Å². The molecule has 0 saturated heterocycles. The maximum Gasteiger partial charge on any atom is 0.195 e. The van der Waals surface area contributed by atoms with E-state index in [-0.39, 0.29) is 0 Å². The molecule has 2 heterocycles. The SMILES string of the molecule is Cn1c(-c2csc(CCc3ccccc3)n2)n[nH]c1=S. The van der Waals surface area contributed by atoms with Crippen LogP contribution in [0.1, 0.15) is 10.6 Å². The molecular weight excluding hydrogens is 288 g/mol. The Kier molecular flexibility index (Phi) is 3.75. The number of rotatable bonds is 4. The Morgan fingerprint density at radius 2 is 2.05 bits per heavy atom. The molecule has 20 heavy (non-hydrogen) atoms. The summed E-state index contributed by atoms with van der Waals surface area (Å²) in [6.07, 6.45) is 1.95. The second kappa shape index (κ2) is 5.68. The maximum atomic E-state index is 5.12. The standard InChI is InChI=1S/C14H14N4S2/c1-18-13(16-17-14(18)19)11-9-20-12(15-11)8-7-10-5-3-2-4-6-10/h2-6,9H,7-8H2,1H3,(H,17,19). The second-order valence-electron chi connectivity index (χ2n) is 4.52. The number of hydrogen-bond acceptors (Lipinski definition) is 4. The Labute approximate surface area is 126 Å². The van der Waals surface area contributed by atoms with E-state index in [0.717, 1.165) is 29.4 Å². The minimum Gasteiger partial charge on any atom is -0.302 e. The summed E-state index contributed by atoms with van der Waals surface area (Å²) in [7, 11) is 1.89. The Bertz CT molecular complexity index is 755. The number of benzene rings is 1. The molecule has 0 radical (unpaired) electrons. The average molecular weight is 302 g/mol. The number of hydrogen-bond donors (Lipinski definition) is 1. The van der Waals surface area contributed by atoms with Gasteiger partial charge in [0.25, 0.3) is 0 Å². The van der Waals surface area contributed by atoms with Crippen LogP contribution < -0.4 is 0 Å². The summed E-state index contributed by atoms with van der Waals surface area (Å²) < 4.78 is 2.45. The van der Waals surface area contributed by atoms with Crippen molar-refractivity contribution >= 4 is 23.6 Å². The lowest BCUT2D eigenvalue weighted by Gasteiger charge is -1.98. The van der Waals surface area contributed by atoms with Crippen LogP contribution in [0.25, 0.3) is 11.5 Å². The van der Waals surface area contributed by atoms with Crippen molar-refractivity contribution in [2.45, 2.75) is 12.8 Å². The van der Waals surface area contributed by atoms with E-state index in [1.807, 2.05) is 23.1 Å². The van der Waals surface area contributed by atoms with Crippen molar-refractivity contribution in [1.82, 2.24) is 19.7 Å². The smallest absolute Gasteiger partial charge is 0.195 e. The molecule has 3 rings (SSSR count). The van der Waals surface area contributed by atoms with E-state index in [1.54, 1.807) is 11.3 Å². The van der Waals surface area contributed by atoms with Crippen molar-refractivity contribution in [3.8, 4) is 11.5 Å². The normalized spacial score (nSPS) is 10.8. The van der Waals surface area contributed by atoms with Crippen LogP contribution in [0.2, 0.25) is 0 Å². The summed E-state index contributed by atoms with van der Waals surface area (Å²) in [6, 6.07) is 10.5. The summed E-state index contributed by atoms with van der Waals surface area (Å²) in [5, 5.41) is 10.1. The molecule has 1 N–H and O–H groups in total. The Morgan fingerprint density at radius 1 is 1.25 bits per heavy atom. The van der Waals surface area contributed by atoms with E-state index in [1.165, 1.54) is 5.56 Å². The van der Waals surface area contributed by atoms with Crippen LogP contribution in [-0.2, 0) is 19.9 Å². The zero-order chi connectivity index (χ0) is 13.9. The van der Waals surface area contributed by atoms with Gasteiger partial charge in [0.15, 0.2) is 10.6 Å². The highest BCUT2D eigenvalue weighted by atomic mass is 32.1. The van der Waals surface area contributed by atoms with Crippen LogP contribution in [0.5, 0.6) is 0 Å². The minimum absolute atomic E-state index is 0.610. The van der Waals surface area contributed by atoms with Crippen LogP contribution in [0.4, 0.5) is 0 Å². The number of H-pyrrole nitrogens is 1. The molecule has 0 aliphatic rings. The maximum absolute atomic E-state index is 5.12. The van der Waals surface area contributed by atoms with Gasteiger partial charge in [-0.05, 0) is 24.2 Å². The molecule has 6 heteroatoms. The number of aromatic amines is 1. The van der Waals surface area contributed by atoms with Crippen molar-refractivity contribution in [2.24, 2.45) is 7.05 Å². The zero-order valence-electron chi connectivity index (χ0n) is 11.0. The number of nitrogens with zero attached hydrogens (tertiary/aromatic N) is 3. The van der Waals surface area contributed by atoms with Crippen LogP contribution >= 0.6 is 23.6 Å². The predicted octanol–water partition coefficient (Wildman–Crippen LogP) is 3.39. The quantitative estimate of drug-likeness (QED) is 0.752. The number of aromatic nitrogens is 4. The van der Waals surface area contributed by atoms with Crippen molar-refractivity contribution in [3.05, 3.63) is 51.1 Å². The molecule has 3 aromatic rings. The Balaban J connectivity index is 1.74. The van der Waals surface area contributed by atoms with E-state index in [0.29, 0.717) is 4.77 Å². The number of nitrogens with one attached hydrogen (secondary N) is 1. The lowest BCUT2D eigenvalue weighted by atomic mass is 10.1. The molecule has 0 bridgehead atoms. The third-order valence-corrected chi connectivity index (χ3v) is 4.40. The molecular formula is C14H14N4S2. The van der Waals surface area contributed by atoms with E-state index in [2.05, 4.69) is 39.4 Å². The summed E-state index contributed by atoms with van der Waals surface area (Å²) in [5.74, 6) is 0.789. The molecule has 1 aromatic carbocycles. The van der Waals surface area contributed by atoms with Gasteiger partial charge in [0.05, 0.1) is 5.01 Å². The topological polar surface area (TPSA) is 46.5 Å². The lowest BCUT2D eigenvalue weighted by molar-refractivity contribution is 0.893. The molecule has 0 aliphatic heterocycles. The Hall–Kier alpha value is -1.79. The first-order valence-electron chi connectivity index (χ1n) is 6.34. The van der Waals surface area contributed by atoms with Gasteiger partial charge in [-0.2, -0.15) is 5.10 Å².